The molecule has 30 heavy (non-hydrogen) atoms. The van der Waals surface area contributed by atoms with Crippen molar-refractivity contribution in [2.75, 3.05) is 31.1 Å². The number of nitrogens with zero attached hydrogens (tertiary/aromatic N) is 3. The van der Waals surface area contributed by atoms with E-state index in [4.69, 9.17) is 4.99 Å². The number of benzene rings is 1. The zero-order valence-electron chi connectivity index (χ0n) is 18.7. The summed E-state index contributed by atoms with van der Waals surface area (Å²) < 4.78 is 0. The number of nitrogens with one attached hydrogen (secondary N) is 2. The maximum absolute atomic E-state index is 4.87. The predicted molar refractivity (Wildman–Crippen MR) is 138 cm³/mol. The zero-order chi connectivity index (χ0) is 20.6. The van der Waals surface area contributed by atoms with Crippen LogP contribution in [0.4, 0.5) is 5.82 Å². The molecule has 2 N–H and O–H groups in total. The Kier molecular flexibility index (Phi) is 9.88. The average molecular weight is 521 g/mol. The van der Waals surface area contributed by atoms with Gasteiger partial charge >= 0.3 is 0 Å². The normalized spacial score (nSPS) is 16.0. The molecule has 0 saturated carbocycles. The summed E-state index contributed by atoms with van der Waals surface area (Å²) >= 11 is 0. The molecule has 2 heterocycles. The van der Waals surface area contributed by atoms with Gasteiger partial charge in [0.2, 0.25) is 0 Å². The number of hydrogen-bond donors (Lipinski definition) is 2. The van der Waals surface area contributed by atoms with Gasteiger partial charge in [-0.15, -0.1) is 24.0 Å². The number of halogens is 1. The molecule has 0 amide bonds. The van der Waals surface area contributed by atoms with E-state index in [2.05, 4.69) is 84.6 Å². The molecule has 0 aliphatic carbocycles. The minimum Gasteiger partial charge on any atom is -0.357 e. The highest BCUT2D eigenvalue weighted by Gasteiger charge is 2.21. The summed E-state index contributed by atoms with van der Waals surface area (Å²) in [5.41, 5.74) is 3.86. The highest BCUT2D eigenvalue weighted by Crippen LogP contribution is 2.19. The van der Waals surface area contributed by atoms with Crippen LogP contribution >= 0.6 is 24.0 Å². The van der Waals surface area contributed by atoms with E-state index < -0.39 is 0 Å². The molecule has 6 heteroatoms. The van der Waals surface area contributed by atoms with E-state index in [1.165, 1.54) is 16.7 Å². The highest BCUT2D eigenvalue weighted by molar-refractivity contribution is 14.0. The third-order valence-corrected chi connectivity index (χ3v) is 5.53. The van der Waals surface area contributed by atoms with Crippen LogP contribution in [0.25, 0.3) is 0 Å². The van der Waals surface area contributed by atoms with Crippen molar-refractivity contribution in [2.45, 2.75) is 52.5 Å². The fourth-order valence-corrected chi connectivity index (χ4v) is 3.72. The monoisotopic (exact) mass is 521 g/mol. The Morgan fingerprint density at radius 2 is 1.93 bits per heavy atom. The second kappa shape index (κ2) is 12.1. The van der Waals surface area contributed by atoms with Gasteiger partial charge in [0.15, 0.2) is 5.96 Å². The lowest BCUT2D eigenvalue weighted by Gasteiger charge is -2.34. The van der Waals surface area contributed by atoms with Gasteiger partial charge in [0.25, 0.3) is 0 Å². The molecule has 0 spiro atoms. The third-order valence-electron chi connectivity index (χ3n) is 5.53. The number of aliphatic imine (C=N–C) groups is 1. The lowest BCUT2D eigenvalue weighted by Crippen LogP contribution is -2.49. The fraction of sp³-hybridized carbons (Fsp3) is 0.500. The largest absolute Gasteiger partial charge is 0.357 e. The Bertz CT molecular complexity index is 797. The van der Waals surface area contributed by atoms with E-state index in [1.54, 1.807) is 0 Å². The molecule has 1 aromatic carbocycles. The Labute approximate surface area is 198 Å². The maximum atomic E-state index is 4.87. The van der Waals surface area contributed by atoms with E-state index in [0.717, 1.165) is 50.8 Å². The van der Waals surface area contributed by atoms with Crippen LogP contribution in [0.15, 0.2) is 47.6 Å². The second-order valence-electron chi connectivity index (χ2n) is 8.13. The molecule has 164 valence electrons. The summed E-state index contributed by atoms with van der Waals surface area (Å²) in [6.45, 7) is 12.3. The number of aryl methyl sites for hydroxylation is 2. The summed E-state index contributed by atoms with van der Waals surface area (Å²) in [6, 6.07) is 13.4. The van der Waals surface area contributed by atoms with Crippen LogP contribution in [-0.2, 0) is 0 Å². The van der Waals surface area contributed by atoms with E-state index in [1.807, 2.05) is 6.20 Å². The summed E-state index contributed by atoms with van der Waals surface area (Å²) in [6.07, 6.45) is 4.13. The number of hydrogen-bond acceptors (Lipinski definition) is 3. The molecule has 0 bridgehead atoms. The van der Waals surface area contributed by atoms with Crippen molar-refractivity contribution in [1.29, 1.82) is 0 Å². The SMILES string of the molecule is CCNC(=NCC(C)c1cccc(C)c1)NC1CCN(c2ccc(C)cn2)CC1.I. The first-order valence-electron chi connectivity index (χ1n) is 10.8. The lowest BCUT2D eigenvalue weighted by molar-refractivity contribution is 0.459. The zero-order valence-corrected chi connectivity index (χ0v) is 21.0. The van der Waals surface area contributed by atoms with Crippen LogP contribution in [0.1, 0.15) is 49.3 Å². The molecule has 1 unspecified atom stereocenters. The number of guanidine groups is 1. The van der Waals surface area contributed by atoms with Crippen LogP contribution in [0.3, 0.4) is 0 Å². The van der Waals surface area contributed by atoms with Gasteiger partial charge < -0.3 is 15.5 Å². The molecule has 1 fully saturated rings. The first kappa shape index (κ1) is 24.4. The molecule has 1 saturated heterocycles. The minimum absolute atomic E-state index is 0. The van der Waals surface area contributed by atoms with Crippen molar-refractivity contribution in [2.24, 2.45) is 4.99 Å². The molecule has 5 nitrogen and oxygen atoms in total. The molecule has 2 aromatic rings. The molecule has 1 aliphatic rings. The number of anilines is 1. The smallest absolute Gasteiger partial charge is 0.191 e. The summed E-state index contributed by atoms with van der Waals surface area (Å²) in [4.78, 5) is 11.8. The average Bonchev–Trinajstić information content (AvgIpc) is 2.73. The van der Waals surface area contributed by atoms with E-state index in [-0.39, 0.29) is 24.0 Å². The van der Waals surface area contributed by atoms with Crippen LogP contribution in [-0.4, -0.2) is 43.2 Å². The van der Waals surface area contributed by atoms with E-state index in [9.17, 15) is 0 Å². The van der Waals surface area contributed by atoms with Crippen molar-refractivity contribution in [3.8, 4) is 0 Å². The summed E-state index contributed by atoms with van der Waals surface area (Å²) in [5.74, 6) is 2.42. The molecule has 1 aliphatic heterocycles. The van der Waals surface area contributed by atoms with Crippen molar-refractivity contribution in [3.05, 3.63) is 59.3 Å². The predicted octanol–water partition coefficient (Wildman–Crippen LogP) is 4.64. The number of pyridine rings is 1. The topological polar surface area (TPSA) is 52.6 Å². The van der Waals surface area contributed by atoms with Gasteiger partial charge in [0.1, 0.15) is 5.82 Å². The Balaban J connectivity index is 0.00000320. The van der Waals surface area contributed by atoms with Crippen LogP contribution < -0.4 is 15.5 Å². The standard InChI is InChI=1S/C24H35N5.HI/c1-5-25-24(27-17-20(4)21-8-6-7-18(2)15-21)28-22-11-13-29(14-12-22)23-10-9-19(3)16-26-23;/h6-10,15-16,20,22H,5,11-14,17H2,1-4H3,(H2,25,27,28);1H. The first-order valence-corrected chi connectivity index (χ1v) is 10.8. The van der Waals surface area contributed by atoms with Crippen LogP contribution in [0.2, 0.25) is 0 Å². The van der Waals surface area contributed by atoms with Gasteiger partial charge in [-0.1, -0.05) is 42.8 Å². The molecule has 1 aromatic heterocycles. The number of aromatic nitrogens is 1. The van der Waals surface area contributed by atoms with Crippen molar-refractivity contribution in [3.63, 3.8) is 0 Å². The van der Waals surface area contributed by atoms with Gasteiger partial charge in [0, 0.05) is 44.3 Å². The minimum atomic E-state index is 0. The highest BCUT2D eigenvalue weighted by atomic mass is 127. The van der Waals surface area contributed by atoms with Gasteiger partial charge in [-0.2, -0.15) is 0 Å². The second-order valence-corrected chi connectivity index (χ2v) is 8.13. The Hall–Kier alpha value is -1.83. The lowest BCUT2D eigenvalue weighted by atomic mass is 10.00. The quantitative estimate of drug-likeness (QED) is 0.331. The molecule has 3 rings (SSSR count). The van der Waals surface area contributed by atoms with Gasteiger partial charge in [-0.25, -0.2) is 4.98 Å². The van der Waals surface area contributed by atoms with Gasteiger partial charge in [-0.05, 0) is 50.8 Å². The van der Waals surface area contributed by atoms with Crippen molar-refractivity contribution in [1.82, 2.24) is 15.6 Å². The molecule has 0 radical (unpaired) electrons. The summed E-state index contributed by atoms with van der Waals surface area (Å²) in [5, 5.41) is 7.06. The number of rotatable bonds is 6. The van der Waals surface area contributed by atoms with Crippen LogP contribution in [0.5, 0.6) is 0 Å². The molecular formula is C24H36IN5. The van der Waals surface area contributed by atoms with Gasteiger partial charge in [0.05, 0.1) is 0 Å². The molecular weight excluding hydrogens is 485 g/mol. The Morgan fingerprint density at radius 1 is 1.17 bits per heavy atom. The van der Waals surface area contributed by atoms with E-state index >= 15 is 0 Å². The van der Waals surface area contributed by atoms with Crippen molar-refractivity contribution >= 4 is 35.8 Å². The third kappa shape index (κ3) is 7.15. The Morgan fingerprint density at radius 3 is 2.57 bits per heavy atom. The summed E-state index contributed by atoms with van der Waals surface area (Å²) in [7, 11) is 0. The molecule has 1 atom stereocenters. The van der Waals surface area contributed by atoms with Gasteiger partial charge in [-0.3, -0.25) is 4.99 Å². The van der Waals surface area contributed by atoms with E-state index in [0.29, 0.717) is 12.0 Å². The fourth-order valence-electron chi connectivity index (χ4n) is 3.72. The maximum Gasteiger partial charge on any atom is 0.191 e. The van der Waals surface area contributed by atoms with Crippen LogP contribution in [0, 0.1) is 13.8 Å². The van der Waals surface area contributed by atoms with Crippen molar-refractivity contribution < 1.29 is 0 Å². The first-order chi connectivity index (χ1) is 14.0. The number of piperidine rings is 1.